The summed E-state index contributed by atoms with van der Waals surface area (Å²) in [6.45, 7) is 4.97. The quantitative estimate of drug-likeness (QED) is 0.646. The summed E-state index contributed by atoms with van der Waals surface area (Å²) in [6.07, 6.45) is 0.480. The van der Waals surface area contributed by atoms with Crippen molar-refractivity contribution in [2.75, 3.05) is 26.3 Å². The fourth-order valence-corrected chi connectivity index (χ4v) is 4.98. The van der Waals surface area contributed by atoms with Crippen molar-refractivity contribution in [3.05, 3.63) is 52.2 Å². The third-order valence-electron chi connectivity index (χ3n) is 5.38. The Morgan fingerprint density at radius 2 is 1.86 bits per heavy atom. The monoisotopic (exact) mass is 401 g/mol. The van der Waals surface area contributed by atoms with Crippen molar-refractivity contribution in [3.63, 3.8) is 0 Å². The summed E-state index contributed by atoms with van der Waals surface area (Å²) in [5.74, 6) is 0. The minimum atomic E-state index is -4.09. The topological polar surface area (TPSA) is 105 Å². The molecule has 0 radical (unpaired) electrons. The molecular formula is C20H23N3O4S. The molecule has 0 bridgehead atoms. The molecule has 3 aromatic rings. The number of primary sulfonamides is 1. The second-order valence-electron chi connectivity index (χ2n) is 7.22. The van der Waals surface area contributed by atoms with Crippen molar-refractivity contribution >= 4 is 31.8 Å². The molecule has 1 aliphatic rings. The van der Waals surface area contributed by atoms with Gasteiger partial charge in [-0.3, -0.25) is 9.69 Å². The van der Waals surface area contributed by atoms with Crippen LogP contribution in [-0.4, -0.2) is 50.6 Å². The van der Waals surface area contributed by atoms with Crippen LogP contribution in [0.1, 0.15) is 12.5 Å². The summed E-state index contributed by atoms with van der Waals surface area (Å²) in [4.78, 5) is 18.5. The van der Waals surface area contributed by atoms with Gasteiger partial charge in [0.2, 0.25) is 10.0 Å². The average molecular weight is 401 g/mol. The van der Waals surface area contributed by atoms with Crippen molar-refractivity contribution in [2.24, 2.45) is 5.14 Å². The lowest BCUT2D eigenvalue weighted by atomic mass is 10.0. The molecule has 0 aliphatic carbocycles. The fraction of sp³-hybridized carbons (Fsp3) is 0.350. The number of morpholine rings is 1. The predicted octanol–water partition coefficient (Wildman–Crippen LogP) is 1.59. The van der Waals surface area contributed by atoms with Crippen LogP contribution in [0.3, 0.4) is 0 Å². The summed E-state index contributed by atoms with van der Waals surface area (Å²) in [6, 6.07) is 10.7. The Hall–Kier alpha value is -2.26. The van der Waals surface area contributed by atoms with E-state index in [4.69, 9.17) is 9.88 Å². The Labute approximate surface area is 163 Å². The van der Waals surface area contributed by atoms with Crippen molar-refractivity contribution in [3.8, 4) is 0 Å². The summed E-state index contributed by atoms with van der Waals surface area (Å²) in [7, 11) is -4.09. The van der Waals surface area contributed by atoms with Crippen LogP contribution in [0.25, 0.3) is 21.8 Å². The van der Waals surface area contributed by atoms with Gasteiger partial charge in [-0.25, -0.2) is 13.6 Å². The highest BCUT2D eigenvalue weighted by Crippen LogP contribution is 2.26. The molecule has 148 valence electrons. The molecule has 0 spiro atoms. The molecule has 3 N–H and O–H groups in total. The molecule has 1 atom stereocenters. The number of rotatable bonds is 4. The molecule has 28 heavy (non-hydrogen) atoms. The van der Waals surface area contributed by atoms with Gasteiger partial charge < -0.3 is 9.72 Å². The molecular weight excluding hydrogens is 378 g/mol. The van der Waals surface area contributed by atoms with Gasteiger partial charge in [0, 0.05) is 30.0 Å². The van der Waals surface area contributed by atoms with Crippen molar-refractivity contribution in [1.82, 2.24) is 9.88 Å². The Kier molecular flexibility index (Phi) is 4.96. The second-order valence-corrected chi connectivity index (χ2v) is 8.72. The van der Waals surface area contributed by atoms with Gasteiger partial charge in [0.15, 0.2) is 5.43 Å². The van der Waals surface area contributed by atoms with Gasteiger partial charge in [-0.15, -0.1) is 0 Å². The van der Waals surface area contributed by atoms with Crippen molar-refractivity contribution < 1.29 is 13.2 Å². The summed E-state index contributed by atoms with van der Waals surface area (Å²) in [5, 5.41) is 6.15. The zero-order valence-corrected chi connectivity index (χ0v) is 16.5. The Morgan fingerprint density at radius 1 is 1.14 bits per heavy atom. The fourth-order valence-electron chi connectivity index (χ4n) is 3.98. The van der Waals surface area contributed by atoms with Crippen LogP contribution >= 0.6 is 0 Å². The SMILES string of the molecule is CC(Cc1ccc2[nH]c3ccccc3c(=O)c2c1S(N)(=O)=O)N1CCOCC1. The van der Waals surface area contributed by atoms with E-state index in [0.29, 0.717) is 41.6 Å². The molecule has 1 aromatic heterocycles. The third kappa shape index (κ3) is 3.44. The smallest absolute Gasteiger partial charge is 0.239 e. The van der Waals surface area contributed by atoms with Gasteiger partial charge in [-0.05, 0) is 37.1 Å². The number of ether oxygens (including phenoxy) is 1. The van der Waals surface area contributed by atoms with Gasteiger partial charge in [0.05, 0.1) is 29.0 Å². The van der Waals surface area contributed by atoms with E-state index < -0.39 is 10.0 Å². The first kappa shape index (κ1) is 19.1. The van der Waals surface area contributed by atoms with Crippen molar-refractivity contribution in [1.29, 1.82) is 0 Å². The van der Waals surface area contributed by atoms with Gasteiger partial charge in [-0.2, -0.15) is 0 Å². The Morgan fingerprint density at radius 3 is 2.57 bits per heavy atom. The highest BCUT2D eigenvalue weighted by atomic mass is 32.2. The first-order chi connectivity index (χ1) is 13.4. The van der Waals surface area contributed by atoms with E-state index in [0.717, 1.165) is 13.1 Å². The normalized spacial score (nSPS) is 17.2. The van der Waals surface area contributed by atoms with E-state index in [1.54, 1.807) is 30.3 Å². The lowest BCUT2D eigenvalue weighted by molar-refractivity contribution is 0.0202. The molecule has 0 amide bonds. The first-order valence-electron chi connectivity index (χ1n) is 9.27. The largest absolute Gasteiger partial charge is 0.379 e. The maximum absolute atomic E-state index is 13.1. The van der Waals surface area contributed by atoms with E-state index >= 15 is 0 Å². The maximum atomic E-state index is 13.1. The van der Waals surface area contributed by atoms with E-state index in [1.165, 1.54) is 0 Å². The zero-order valence-electron chi connectivity index (χ0n) is 15.6. The predicted molar refractivity (Wildman–Crippen MR) is 109 cm³/mol. The lowest BCUT2D eigenvalue weighted by Gasteiger charge is -2.32. The third-order valence-corrected chi connectivity index (χ3v) is 6.41. The molecule has 1 saturated heterocycles. The van der Waals surface area contributed by atoms with E-state index in [-0.39, 0.29) is 21.8 Å². The number of hydrogen-bond donors (Lipinski definition) is 2. The Balaban J connectivity index is 1.90. The number of aromatic nitrogens is 1. The van der Waals surface area contributed by atoms with E-state index in [9.17, 15) is 13.2 Å². The number of nitrogens with one attached hydrogen (secondary N) is 1. The number of pyridine rings is 1. The number of sulfonamides is 1. The van der Waals surface area contributed by atoms with Crippen LogP contribution in [0.4, 0.5) is 0 Å². The summed E-state index contributed by atoms with van der Waals surface area (Å²) < 4.78 is 30.4. The number of fused-ring (bicyclic) bond motifs is 2. The number of benzene rings is 2. The zero-order chi connectivity index (χ0) is 19.9. The molecule has 1 fully saturated rings. The number of nitrogens with zero attached hydrogens (tertiary/aromatic N) is 1. The molecule has 2 aromatic carbocycles. The summed E-state index contributed by atoms with van der Waals surface area (Å²) >= 11 is 0. The van der Waals surface area contributed by atoms with Gasteiger partial charge >= 0.3 is 0 Å². The highest BCUT2D eigenvalue weighted by molar-refractivity contribution is 7.89. The Bertz CT molecular complexity index is 1200. The number of nitrogens with two attached hydrogens (primary N) is 1. The van der Waals surface area contributed by atoms with Gasteiger partial charge in [0.25, 0.3) is 0 Å². The lowest BCUT2D eigenvalue weighted by Crippen LogP contribution is -2.43. The number of para-hydroxylation sites is 1. The molecule has 4 rings (SSSR count). The molecule has 1 unspecified atom stereocenters. The maximum Gasteiger partial charge on any atom is 0.239 e. The van der Waals surface area contributed by atoms with Gasteiger partial charge in [-0.1, -0.05) is 18.2 Å². The molecule has 7 nitrogen and oxygen atoms in total. The van der Waals surface area contributed by atoms with Crippen LogP contribution in [0.2, 0.25) is 0 Å². The number of hydrogen-bond acceptors (Lipinski definition) is 5. The van der Waals surface area contributed by atoms with Gasteiger partial charge in [0.1, 0.15) is 0 Å². The van der Waals surface area contributed by atoms with E-state index in [2.05, 4.69) is 9.88 Å². The molecule has 1 aliphatic heterocycles. The first-order valence-corrected chi connectivity index (χ1v) is 10.8. The van der Waals surface area contributed by atoms with E-state index in [1.807, 2.05) is 13.0 Å². The van der Waals surface area contributed by atoms with Crippen LogP contribution in [-0.2, 0) is 21.2 Å². The van der Waals surface area contributed by atoms with Crippen LogP contribution in [0.5, 0.6) is 0 Å². The molecule has 8 heteroatoms. The summed E-state index contributed by atoms with van der Waals surface area (Å²) in [5.41, 5.74) is 1.37. The van der Waals surface area contributed by atoms with Crippen molar-refractivity contribution in [2.45, 2.75) is 24.3 Å². The van der Waals surface area contributed by atoms with Crippen LogP contribution < -0.4 is 10.6 Å². The molecule has 0 saturated carbocycles. The van der Waals surface area contributed by atoms with Crippen LogP contribution in [0, 0.1) is 0 Å². The minimum Gasteiger partial charge on any atom is -0.379 e. The standard InChI is InChI=1S/C20H23N3O4S/c1-13(23-8-10-27-11-9-23)12-14-6-7-17-18(20(14)28(21,25)26)19(24)15-4-2-3-5-16(15)22-17/h2-7,13H,8-12H2,1H3,(H,22,24)(H2,21,25,26). The minimum absolute atomic E-state index is 0.0721. The average Bonchev–Trinajstić information content (AvgIpc) is 2.68. The van der Waals surface area contributed by atoms with Crippen LogP contribution in [0.15, 0.2) is 46.1 Å². The molecule has 2 heterocycles. The number of H-pyrrole nitrogens is 1. The highest BCUT2D eigenvalue weighted by Gasteiger charge is 2.25. The number of aromatic amines is 1. The second kappa shape index (κ2) is 7.29.